The van der Waals surface area contributed by atoms with Crippen LogP contribution in [0.5, 0.6) is 11.5 Å². The number of hydrogen-bond donors (Lipinski definition) is 1. The van der Waals surface area contributed by atoms with Gasteiger partial charge in [0.2, 0.25) is 0 Å². The van der Waals surface area contributed by atoms with Crippen LogP contribution in [-0.2, 0) is 12.0 Å². The van der Waals surface area contributed by atoms with Crippen LogP contribution in [0.4, 0.5) is 5.69 Å². The highest BCUT2D eigenvalue weighted by Crippen LogP contribution is 2.32. The van der Waals surface area contributed by atoms with Crippen LogP contribution in [0.2, 0.25) is 0 Å². The molecule has 0 aliphatic heterocycles. The lowest BCUT2D eigenvalue weighted by molar-refractivity contribution is 0.0992. The molecule has 174 valence electrons. The molecule has 0 saturated carbocycles. The standard InChI is InChI=1S/C29H29NO4/c1-4-32-24-16-12-23(13-17-24)30-28(31)27-19-18-26(34-27)20-33-25-14-10-22(11-15-25)29(2,3)21-8-6-5-7-9-21/h5-19H,4,20H2,1-3H3,(H,30,31). The summed E-state index contributed by atoms with van der Waals surface area (Å²) >= 11 is 0. The summed E-state index contributed by atoms with van der Waals surface area (Å²) in [5.41, 5.74) is 3.03. The summed E-state index contributed by atoms with van der Waals surface area (Å²) in [6.07, 6.45) is 0. The molecule has 0 bridgehead atoms. The molecule has 0 radical (unpaired) electrons. The van der Waals surface area contributed by atoms with Gasteiger partial charge in [-0.1, -0.05) is 56.3 Å². The van der Waals surface area contributed by atoms with Crippen LogP contribution < -0.4 is 14.8 Å². The predicted octanol–water partition coefficient (Wildman–Crippen LogP) is 6.84. The Morgan fingerprint density at radius 3 is 2.09 bits per heavy atom. The van der Waals surface area contributed by atoms with Crippen molar-refractivity contribution in [1.29, 1.82) is 0 Å². The molecule has 5 heteroatoms. The maximum absolute atomic E-state index is 12.5. The molecule has 1 heterocycles. The van der Waals surface area contributed by atoms with Gasteiger partial charge in [0.25, 0.3) is 5.91 Å². The molecule has 0 saturated heterocycles. The zero-order valence-corrected chi connectivity index (χ0v) is 19.7. The van der Waals surface area contributed by atoms with E-state index in [4.69, 9.17) is 13.9 Å². The van der Waals surface area contributed by atoms with E-state index in [0.717, 1.165) is 11.5 Å². The highest BCUT2D eigenvalue weighted by molar-refractivity contribution is 6.02. The van der Waals surface area contributed by atoms with E-state index < -0.39 is 0 Å². The Balaban J connectivity index is 1.33. The molecular formula is C29H29NO4. The number of carbonyl (C=O) groups is 1. The predicted molar refractivity (Wildman–Crippen MR) is 134 cm³/mol. The quantitative estimate of drug-likeness (QED) is 0.300. The lowest BCUT2D eigenvalue weighted by Gasteiger charge is -2.26. The molecule has 3 aromatic carbocycles. The first-order valence-electron chi connectivity index (χ1n) is 11.4. The van der Waals surface area contributed by atoms with Crippen LogP contribution in [0.1, 0.15) is 48.2 Å². The van der Waals surface area contributed by atoms with E-state index in [0.29, 0.717) is 18.1 Å². The summed E-state index contributed by atoms with van der Waals surface area (Å²) in [6.45, 7) is 7.17. The highest BCUT2D eigenvalue weighted by Gasteiger charge is 2.22. The number of anilines is 1. The van der Waals surface area contributed by atoms with Gasteiger partial charge in [0.1, 0.15) is 23.9 Å². The van der Waals surface area contributed by atoms with E-state index in [1.165, 1.54) is 11.1 Å². The minimum atomic E-state index is -0.317. The smallest absolute Gasteiger partial charge is 0.291 e. The molecule has 1 N–H and O–H groups in total. The van der Waals surface area contributed by atoms with E-state index in [2.05, 4.69) is 55.6 Å². The van der Waals surface area contributed by atoms with Gasteiger partial charge in [-0.05, 0) is 66.6 Å². The Labute approximate surface area is 200 Å². The average molecular weight is 456 g/mol. The topological polar surface area (TPSA) is 60.7 Å². The molecule has 4 aromatic rings. The van der Waals surface area contributed by atoms with Crippen LogP contribution in [-0.4, -0.2) is 12.5 Å². The number of rotatable bonds is 9. The number of furan rings is 1. The number of amides is 1. The lowest BCUT2D eigenvalue weighted by atomic mass is 9.78. The van der Waals surface area contributed by atoms with Gasteiger partial charge in [-0.3, -0.25) is 4.79 Å². The average Bonchev–Trinajstić information content (AvgIpc) is 3.34. The Kier molecular flexibility index (Phi) is 7.02. The number of carbonyl (C=O) groups excluding carboxylic acids is 1. The molecule has 0 fully saturated rings. The maximum atomic E-state index is 12.5. The van der Waals surface area contributed by atoms with Crippen molar-refractivity contribution in [2.75, 3.05) is 11.9 Å². The van der Waals surface area contributed by atoms with Crippen LogP contribution in [0, 0.1) is 0 Å². The molecule has 34 heavy (non-hydrogen) atoms. The fourth-order valence-electron chi connectivity index (χ4n) is 3.72. The molecule has 1 amide bonds. The molecule has 0 atom stereocenters. The van der Waals surface area contributed by atoms with Crippen molar-refractivity contribution < 1.29 is 18.7 Å². The molecule has 0 aliphatic rings. The molecule has 1 aromatic heterocycles. The fraction of sp³-hybridized carbons (Fsp3) is 0.207. The van der Waals surface area contributed by atoms with Gasteiger partial charge in [-0.2, -0.15) is 0 Å². The lowest BCUT2D eigenvalue weighted by Crippen LogP contribution is -2.18. The van der Waals surface area contributed by atoms with E-state index in [9.17, 15) is 4.79 Å². The zero-order valence-electron chi connectivity index (χ0n) is 19.7. The Hall–Kier alpha value is -3.99. The molecule has 4 rings (SSSR count). The molecule has 0 unspecified atom stereocenters. The van der Waals surface area contributed by atoms with Crippen molar-refractivity contribution in [2.45, 2.75) is 32.8 Å². The number of benzene rings is 3. The van der Waals surface area contributed by atoms with Gasteiger partial charge in [-0.25, -0.2) is 0 Å². The van der Waals surface area contributed by atoms with Crippen molar-refractivity contribution in [1.82, 2.24) is 0 Å². The second-order valence-electron chi connectivity index (χ2n) is 8.48. The Morgan fingerprint density at radius 2 is 1.41 bits per heavy atom. The third-order valence-electron chi connectivity index (χ3n) is 5.76. The second-order valence-corrected chi connectivity index (χ2v) is 8.48. The van der Waals surface area contributed by atoms with Gasteiger partial charge >= 0.3 is 0 Å². The third-order valence-corrected chi connectivity index (χ3v) is 5.76. The molecule has 5 nitrogen and oxygen atoms in total. The van der Waals surface area contributed by atoms with E-state index >= 15 is 0 Å². The first-order valence-corrected chi connectivity index (χ1v) is 11.4. The van der Waals surface area contributed by atoms with Crippen LogP contribution in [0.15, 0.2) is 95.4 Å². The molecule has 0 aliphatic carbocycles. The summed E-state index contributed by atoms with van der Waals surface area (Å²) in [4.78, 5) is 12.5. The third kappa shape index (κ3) is 5.49. The summed E-state index contributed by atoms with van der Waals surface area (Å²) in [7, 11) is 0. The van der Waals surface area contributed by atoms with Gasteiger partial charge in [0.15, 0.2) is 5.76 Å². The Bertz CT molecular complexity index is 1210. The summed E-state index contributed by atoms with van der Waals surface area (Å²) in [6, 6.07) is 29.1. The van der Waals surface area contributed by atoms with Crippen LogP contribution in [0.3, 0.4) is 0 Å². The second kappa shape index (κ2) is 10.3. The van der Waals surface area contributed by atoms with Crippen molar-refractivity contribution in [3.8, 4) is 11.5 Å². The summed E-state index contributed by atoms with van der Waals surface area (Å²) < 4.78 is 17.0. The first-order chi connectivity index (χ1) is 16.5. The van der Waals surface area contributed by atoms with Crippen molar-refractivity contribution in [3.63, 3.8) is 0 Å². The highest BCUT2D eigenvalue weighted by atomic mass is 16.5. The molecular weight excluding hydrogens is 426 g/mol. The largest absolute Gasteiger partial charge is 0.494 e. The van der Waals surface area contributed by atoms with Crippen molar-refractivity contribution >= 4 is 11.6 Å². The normalized spacial score (nSPS) is 11.1. The van der Waals surface area contributed by atoms with Gasteiger partial charge in [0.05, 0.1) is 6.61 Å². The van der Waals surface area contributed by atoms with Crippen LogP contribution in [0.25, 0.3) is 0 Å². The first kappa shape index (κ1) is 23.2. The zero-order chi connectivity index (χ0) is 24.0. The summed E-state index contributed by atoms with van der Waals surface area (Å²) in [5, 5.41) is 2.82. The van der Waals surface area contributed by atoms with Crippen molar-refractivity contribution in [2.24, 2.45) is 0 Å². The Morgan fingerprint density at radius 1 is 0.794 bits per heavy atom. The van der Waals surface area contributed by atoms with Gasteiger partial charge < -0.3 is 19.2 Å². The van der Waals surface area contributed by atoms with Gasteiger partial charge in [0, 0.05) is 11.1 Å². The number of ether oxygens (including phenoxy) is 2. The molecule has 0 spiro atoms. The minimum Gasteiger partial charge on any atom is -0.494 e. The SMILES string of the molecule is CCOc1ccc(NC(=O)c2ccc(COc3ccc(C(C)(C)c4ccccc4)cc3)o2)cc1. The maximum Gasteiger partial charge on any atom is 0.291 e. The van der Waals surface area contributed by atoms with Gasteiger partial charge in [-0.15, -0.1) is 0 Å². The van der Waals surface area contributed by atoms with Crippen LogP contribution >= 0.6 is 0 Å². The number of nitrogens with one attached hydrogen (secondary N) is 1. The summed E-state index contributed by atoms with van der Waals surface area (Å²) in [5.74, 6) is 1.99. The van der Waals surface area contributed by atoms with E-state index in [-0.39, 0.29) is 23.7 Å². The fourth-order valence-corrected chi connectivity index (χ4v) is 3.72. The van der Waals surface area contributed by atoms with E-state index in [1.54, 1.807) is 24.3 Å². The number of hydrogen-bond acceptors (Lipinski definition) is 4. The minimum absolute atomic E-state index is 0.105. The van der Waals surface area contributed by atoms with E-state index in [1.807, 2.05) is 37.3 Å². The van der Waals surface area contributed by atoms with Crippen molar-refractivity contribution in [3.05, 3.63) is 114 Å². The monoisotopic (exact) mass is 455 g/mol.